The van der Waals surface area contributed by atoms with Crippen molar-refractivity contribution >= 4 is 40.4 Å². The molecule has 4 rings (SSSR count). The Morgan fingerprint density at radius 3 is 3.04 bits per heavy atom. The SMILES string of the molecule is COC(=O)c1ccccc1NC(=O)CC1CSc2nc3[nH]ncc3c(=O)n21. The fourth-order valence-electron chi connectivity index (χ4n) is 3.00. The summed E-state index contributed by atoms with van der Waals surface area (Å²) in [6.07, 6.45) is 1.52. The van der Waals surface area contributed by atoms with Crippen molar-refractivity contribution in [2.75, 3.05) is 18.2 Å². The summed E-state index contributed by atoms with van der Waals surface area (Å²) in [5.41, 5.74) is 0.863. The summed E-state index contributed by atoms with van der Waals surface area (Å²) in [5.74, 6) is -0.270. The minimum atomic E-state index is -0.532. The fraction of sp³-hybridized carbons (Fsp3) is 0.235. The van der Waals surface area contributed by atoms with Crippen molar-refractivity contribution in [3.05, 3.63) is 46.4 Å². The molecule has 138 valence electrons. The molecule has 2 N–H and O–H groups in total. The van der Waals surface area contributed by atoms with Crippen molar-refractivity contribution in [2.45, 2.75) is 17.6 Å². The van der Waals surface area contributed by atoms with Gasteiger partial charge in [-0.1, -0.05) is 23.9 Å². The van der Waals surface area contributed by atoms with Crippen molar-refractivity contribution in [3.8, 4) is 0 Å². The van der Waals surface area contributed by atoms with Gasteiger partial charge in [-0.05, 0) is 12.1 Å². The number of nitrogens with one attached hydrogen (secondary N) is 2. The number of aromatic amines is 1. The van der Waals surface area contributed by atoms with Gasteiger partial charge in [0.25, 0.3) is 5.56 Å². The van der Waals surface area contributed by atoms with Gasteiger partial charge < -0.3 is 10.1 Å². The molecule has 3 heterocycles. The van der Waals surface area contributed by atoms with Crippen molar-refractivity contribution in [1.82, 2.24) is 19.7 Å². The molecular formula is C17H15N5O4S. The van der Waals surface area contributed by atoms with Gasteiger partial charge in [0.2, 0.25) is 5.91 Å². The van der Waals surface area contributed by atoms with Gasteiger partial charge in [-0.2, -0.15) is 5.10 Å². The third-order valence-corrected chi connectivity index (χ3v) is 5.38. The summed E-state index contributed by atoms with van der Waals surface area (Å²) in [6, 6.07) is 6.28. The van der Waals surface area contributed by atoms with Crippen LogP contribution in [0.15, 0.2) is 40.4 Å². The summed E-state index contributed by atoms with van der Waals surface area (Å²) in [7, 11) is 1.28. The second kappa shape index (κ2) is 6.88. The highest BCUT2D eigenvalue weighted by atomic mass is 32.2. The predicted octanol–water partition coefficient (Wildman–Crippen LogP) is 1.58. The van der Waals surface area contributed by atoms with E-state index in [2.05, 4.69) is 20.5 Å². The predicted molar refractivity (Wildman–Crippen MR) is 98.9 cm³/mol. The van der Waals surface area contributed by atoms with Gasteiger partial charge >= 0.3 is 5.97 Å². The van der Waals surface area contributed by atoms with Crippen molar-refractivity contribution in [1.29, 1.82) is 0 Å². The van der Waals surface area contributed by atoms with Crippen LogP contribution in [0.5, 0.6) is 0 Å². The number of methoxy groups -OCH3 is 1. The average Bonchev–Trinajstić information content (AvgIpc) is 3.29. The summed E-state index contributed by atoms with van der Waals surface area (Å²) in [5, 5.41) is 10.2. The Labute approximate surface area is 157 Å². The second-order valence-corrected chi connectivity index (χ2v) is 6.94. The number of carbonyl (C=O) groups is 2. The standard InChI is InChI=1S/C17H15N5O4S/c1-26-16(25)10-4-2-3-5-12(10)19-13(23)6-9-8-27-17-20-14-11(7-18-21-14)15(24)22(9)17/h2-5,7,9H,6,8H2,1H3,(H,18,21)(H,19,23). The molecule has 0 aliphatic carbocycles. The van der Waals surface area contributed by atoms with Crippen molar-refractivity contribution in [2.24, 2.45) is 0 Å². The molecule has 0 saturated carbocycles. The van der Waals surface area contributed by atoms with Gasteiger partial charge in [0.05, 0.1) is 30.6 Å². The minimum absolute atomic E-state index is 0.0838. The highest BCUT2D eigenvalue weighted by molar-refractivity contribution is 7.99. The zero-order chi connectivity index (χ0) is 19.0. The van der Waals surface area contributed by atoms with Crippen LogP contribution in [0.4, 0.5) is 5.69 Å². The van der Waals surface area contributed by atoms with Crippen molar-refractivity contribution in [3.63, 3.8) is 0 Å². The molecule has 0 bridgehead atoms. The molecule has 27 heavy (non-hydrogen) atoms. The molecule has 0 radical (unpaired) electrons. The number of amides is 1. The number of rotatable bonds is 4. The van der Waals surface area contributed by atoms with Gasteiger partial charge in [-0.15, -0.1) is 0 Å². The van der Waals surface area contributed by atoms with Gasteiger partial charge in [0.15, 0.2) is 10.8 Å². The molecular weight excluding hydrogens is 370 g/mol. The maximum absolute atomic E-state index is 12.7. The van der Waals surface area contributed by atoms with E-state index in [1.165, 1.54) is 29.6 Å². The van der Waals surface area contributed by atoms with Crippen LogP contribution in [-0.2, 0) is 9.53 Å². The highest BCUT2D eigenvalue weighted by Gasteiger charge is 2.29. The molecule has 0 saturated heterocycles. The van der Waals surface area contributed by atoms with Crippen LogP contribution in [0, 0.1) is 0 Å². The normalized spacial score (nSPS) is 15.5. The molecule has 1 aliphatic heterocycles. The van der Waals surface area contributed by atoms with Crippen LogP contribution in [0.1, 0.15) is 22.8 Å². The third kappa shape index (κ3) is 3.08. The van der Waals surface area contributed by atoms with Crippen LogP contribution < -0.4 is 10.9 Å². The van der Waals surface area contributed by atoms with E-state index in [0.717, 1.165) is 0 Å². The van der Waals surface area contributed by atoms with Gasteiger partial charge in [0, 0.05) is 12.2 Å². The van der Waals surface area contributed by atoms with Crippen LogP contribution >= 0.6 is 11.8 Å². The van der Waals surface area contributed by atoms with E-state index >= 15 is 0 Å². The Bertz CT molecular complexity index is 1110. The molecule has 1 aliphatic rings. The largest absolute Gasteiger partial charge is 0.465 e. The molecule has 1 atom stereocenters. The van der Waals surface area contributed by atoms with E-state index in [1.54, 1.807) is 24.3 Å². The lowest BCUT2D eigenvalue weighted by Gasteiger charge is -2.14. The maximum Gasteiger partial charge on any atom is 0.339 e. The first-order chi connectivity index (χ1) is 13.1. The van der Waals surface area contributed by atoms with E-state index in [4.69, 9.17) is 4.74 Å². The fourth-order valence-corrected chi connectivity index (χ4v) is 4.14. The Morgan fingerprint density at radius 1 is 1.41 bits per heavy atom. The number of thioether (sulfide) groups is 1. The molecule has 2 aromatic heterocycles. The Morgan fingerprint density at radius 2 is 2.22 bits per heavy atom. The topological polar surface area (TPSA) is 119 Å². The number of carbonyl (C=O) groups excluding carboxylic acids is 2. The molecule has 3 aromatic rings. The summed E-state index contributed by atoms with van der Waals surface area (Å²) < 4.78 is 6.27. The lowest BCUT2D eigenvalue weighted by molar-refractivity contribution is -0.116. The molecule has 1 aromatic carbocycles. The first-order valence-corrected chi connectivity index (χ1v) is 9.12. The van der Waals surface area contributed by atoms with Crippen molar-refractivity contribution < 1.29 is 14.3 Å². The number of hydrogen-bond acceptors (Lipinski definition) is 7. The lowest BCUT2D eigenvalue weighted by atomic mass is 10.1. The van der Waals surface area contributed by atoms with Crippen LogP contribution in [0.2, 0.25) is 0 Å². The number of esters is 1. The summed E-state index contributed by atoms with van der Waals surface area (Å²) >= 11 is 1.42. The molecule has 0 spiro atoms. The summed E-state index contributed by atoms with van der Waals surface area (Å²) in [6.45, 7) is 0. The first kappa shape index (κ1) is 17.3. The van der Waals surface area contributed by atoms with E-state index < -0.39 is 5.97 Å². The van der Waals surface area contributed by atoms with E-state index in [-0.39, 0.29) is 29.5 Å². The molecule has 0 fully saturated rings. The van der Waals surface area contributed by atoms with E-state index in [9.17, 15) is 14.4 Å². The number of H-pyrrole nitrogens is 1. The highest BCUT2D eigenvalue weighted by Crippen LogP contribution is 2.33. The van der Waals surface area contributed by atoms with Crippen LogP contribution in [0.25, 0.3) is 11.0 Å². The first-order valence-electron chi connectivity index (χ1n) is 8.14. The quantitative estimate of drug-likeness (QED) is 0.517. The zero-order valence-corrected chi connectivity index (χ0v) is 15.1. The minimum Gasteiger partial charge on any atom is -0.465 e. The van der Waals surface area contributed by atoms with Crippen LogP contribution in [0.3, 0.4) is 0 Å². The molecule has 10 heteroatoms. The lowest BCUT2D eigenvalue weighted by Crippen LogP contribution is -2.27. The Kier molecular flexibility index (Phi) is 4.40. The van der Waals surface area contributed by atoms with Gasteiger partial charge in [0.1, 0.15) is 5.39 Å². The number of ether oxygens (including phenoxy) is 1. The molecule has 9 nitrogen and oxygen atoms in total. The number of benzene rings is 1. The smallest absolute Gasteiger partial charge is 0.339 e. The van der Waals surface area contributed by atoms with E-state index in [1.807, 2.05) is 0 Å². The number of nitrogens with zero attached hydrogens (tertiary/aromatic N) is 3. The molecule has 1 unspecified atom stereocenters. The second-order valence-electron chi connectivity index (χ2n) is 5.96. The number of anilines is 1. The Hall–Kier alpha value is -3.14. The third-order valence-electron chi connectivity index (χ3n) is 4.28. The van der Waals surface area contributed by atoms with Crippen LogP contribution in [-0.4, -0.2) is 44.5 Å². The average molecular weight is 385 g/mol. The number of para-hydroxylation sites is 1. The Balaban J connectivity index is 1.56. The number of aromatic nitrogens is 4. The summed E-state index contributed by atoms with van der Waals surface area (Å²) in [4.78, 5) is 41.4. The monoisotopic (exact) mass is 385 g/mol. The molecule has 1 amide bonds. The van der Waals surface area contributed by atoms with Gasteiger partial charge in [-0.3, -0.25) is 19.3 Å². The number of hydrogen-bond donors (Lipinski definition) is 2. The van der Waals surface area contributed by atoms with Gasteiger partial charge in [-0.25, -0.2) is 9.78 Å². The van der Waals surface area contributed by atoms with E-state index in [0.29, 0.717) is 27.6 Å². The maximum atomic E-state index is 12.7. The number of fused-ring (bicyclic) bond motifs is 2. The zero-order valence-electron chi connectivity index (χ0n) is 14.3.